The van der Waals surface area contributed by atoms with Crippen LogP contribution >= 0.6 is 0 Å². The SMILES string of the molecule is Cc1ccc(S(=O)(=O)N(CC(=O)N(Cc2ccccc2)[C@@H](C)C(=O)NC2CCCC2)c2ccc(F)cc2)cc1. The molecule has 1 atom stereocenters. The van der Waals surface area contributed by atoms with E-state index in [4.69, 9.17) is 0 Å². The summed E-state index contributed by atoms with van der Waals surface area (Å²) in [5.41, 5.74) is 1.84. The molecule has 0 radical (unpaired) electrons. The number of nitrogens with one attached hydrogen (secondary N) is 1. The van der Waals surface area contributed by atoms with Gasteiger partial charge in [-0.2, -0.15) is 0 Å². The van der Waals surface area contributed by atoms with E-state index in [1.807, 2.05) is 37.3 Å². The Hall–Kier alpha value is -3.72. The van der Waals surface area contributed by atoms with Crippen LogP contribution in [-0.4, -0.2) is 43.8 Å². The minimum atomic E-state index is -4.19. The summed E-state index contributed by atoms with van der Waals surface area (Å²) in [6.45, 7) is 3.06. The quantitative estimate of drug-likeness (QED) is 0.392. The van der Waals surface area contributed by atoms with Crippen LogP contribution in [0, 0.1) is 12.7 Å². The zero-order chi connectivity index (χ0) is 28.0. The molecule has 0 spiro atoms. The van der Waals surface area contributed by atoms with Crippen molar-refractivity contribution in [2.24, 2.45) is 0 Å². The number of sulfonamides is 1. The number of carbonyl (C=O) groups is 2. The lowest BCUT2D eigenvalue weighted by Gasteiger charge is -2.32. The fraction of sp³-hybridized carbons (Fsp3) is 0.333. The predicted molar refractivity (Wildman–Crippen MR) is 149 cm³/mol. The number of rotatable bonds is 10. The molecule has 39 heavy (non-hydrogen) atoms. The Labute approximate surface area is 229 Å². The Bertz CT molecular complexity index is 1370. The molecule has 1 N–H and O–H groups in total. The Balaban J connectivity index is 1.66. The molecular weight excluding hydrogens is 517 g/mol. The first-order chi connectivity index (χ1) is 18.6. The van der Waals surface area contributed by atoms with Gasteiger partial charge in [0.2, 0.25) is 11.8 Å². The molecule has 3 aromatic rings. The molecule has 1 fully saturated rings. The average Bonchev–Trinajstić information content (AvgIpc) is 3.44. The van der Waals surface area contributed by atoms with E-state index in [0.717, 1.165) is 53.2 Å². The van der Waals surface area contributed by atoms with Gasteiger partial charge in [-0.3, -0.25) is 13.9 Å². The molecule has 206 valence electrons. The molecule has 1 aliphatic carbocycles. The maximum absolute atomic E-state index is 13.9. The number of amides is 2. The lowest BCUT2D eigenvalue weighted by molar-refractivity contribution is -0.139. The molecule has 0 bridgehead atoms. The van der Waals surface area contributed by atoms with Gasteiger partial charge in [0.05, 0.1) is 10.6 Å². The van der Waals surface area contributed by atoms with Crippen molar-refractivity contribution in [2.75, 3.05) is 10.8 Å². The third-order valence-corrected chi connectivity index (χ3v) is 8.86. The summed E-state index contributed by atoms with van der Waals surface area (Å²) >= 11 is 0. The summed E-state index contributed by atoms with van der Waals surface area (Å²) < 4.78 is 42.2. The summed E-state index contributed by atoms with van der Waals surface area (Å²) in [5, 5.41) is 3.05. The highest BCUT2D eigenvalue weighted by Crippen LogP contribution is 2.25. The van der Waals surface area contributed by atoms with Gasteiger partial charge in [0.1, 0.15) is 18.4 Å². The fourth-order valence-electron chi connectivity index (χ4n) is 4.73. The van der Waals surface area contributed by atoms with Crippen LogP contribution < -0.4 is 9.62 Å². The van der Waals surface area contributed by atoms with Crippen molar-refractivity contribution in [1.29, 1.82) is 0 Å². The maximum atomic E-state index is 13.9. The third-order valence-electron chi connectivity index (χ3n) is 7.07. The molecule has 1 aliphatic rings. The van der Waals surface area contributed by atoms with Crippen LogP contribution in [0.1, 0.15) is 43.7 Å². The fourth-order valence-corrected chi connectivity index (χ4v) is 6.14. The van der Waals surface area contributed by atoms with Gasteiger partial charge >= 0.3 is 0 Å². The summed E-state index contributed by atoms with van der Waals surface area (Å²) in [4.78, 5) is 28.5. The number of aryl methyl sites for hydroxylation is 1. The van der Waals surface area contributed by atoms with Crippen LogP contribution in [0.3, 0.4) is 0 Å². The van der Waals surface area contributed by atoms with Gasteiger partial charge in [-0.1, -0.05) is 60.9 Å². The van der Waals surface area contributed by atoms with Crippen LogP contribution in [0.15, 0.2) is 83.8 Å². The number of carbonyl (C=O) groups excluding carboxylic acids is 2. The minimum Gasteiger partial charge on any atom is -0.352 e. The number of hydrogen-bond acceptors (Lipinski definition) is 4. The van der Waals surface area contributed by atoms with Crippen molar-refractivity contribution in [3.63, 3.8) is 0 Å². The Morgan fingerprint density at radius 2 is 1.56 bits per heavy atom. The predicted octanol–water partition coefficient (Wildman–Crippen LogP) is 4.81. The molecule has 3 aromatic carbocycles. The molecule has 0 aromatic heterocycles. The Morgan fingerprint density at radius 3 is 2.18 bits per heavy atom. The van der Waals surface area contributed by atoms with Gasteiger partial charge in [-0.05, 0) is 68.7 Å². The maximum Gasteiger partial charge on any atom is 0.264 e. The first-order valence-electron chi connectivity index (χ1n) is 13.1. The Kier molecular flexibility index (Phi) is 9.01. The summed E-state index contributed by atoms with van der Waals surface area (Å²) in [6.07, 6.45) is 3.90. The van der Waals surface area contributed by atoms with E-state index >= 15 is 0 Å². The van der Waals surface area contributed by atoms with Crippen LogP contribution in [0.5, 0.6) is 0 Å². The lowest BCUT2D eigenvalue weighted by atomic mass is 10.1. The lowest BCUT2D eigenvalue weighted by Crippen LogP contribution is -2.52. The zero-order valence-electron chi connectivity index (χ0n) is 22.2. The topological polar surface area (TPSA) is 86.8 Å². The normalized spacial score (nSPS) is 14.5. The second-order valence-electron chi connectivity index (χ2n) is 9.97. The molecule has 9 heteroatoms. The third kappa shape index (κ3) is 7.03. The zero-order valence-corrected chi connectivity index (χ0v) is 23.0. The van der Waals surface area contributed by atoms with E-state index in [-0.39, 0.29) is 29.1 Å². The highest BCUT2D eigenvalue weighted by Gasteiger charge is 2.33. The van der Waals surface area contributed by atoms with Crippen LogP contribution in [-0.2, 0) is 26.2 Å². The minimum absolute atomic E-state index is 0.00635. The van der Waals surface area contributed by atoms with Crippen molar-refractivity contribution < 1.29 is 22.4 Å². The molecule has 0 saturated heterocycles. The van der Waals surface area contributed by atoms with E-state index < -0.39 is 34.3 Å². The van der Waals surface area contributed by atoms with E-state index in [1.54, 1.807) is 19.1 Å². The van der Waals surface area contributed by atoms with E-state index in [2.05, 4.69) is 5.32 Å². The monoisotopic (exact) mass is 551 g/mol. The number of hydrogen-bond donors (Lipinski definition) is 1. The molecule has 0 unspecified atom stereocenters. The molecule has 0 aliphatic heterocycles. The molecule has 0 heterocycles. The van der Waals surface area contributed by atoms with Gasteiger partial charge in [0, 0.05) is 12.6 Å². The average molecular weight is 552 g/mol. The number of halogens is 1. The first kappa shape index (κ1) is 28.3. The summed E-state index contributed by atoms with van der Waals surface area (Å²) in [7, 11) is -4.19. The van der Waals surface area contributed by atoms with E-state index in [9.17, 15) is 22.4 Å². The van der Waals surface area contributed by atoms with Crippen LogP contribution in [0.2, 0.25) is 0 Å². The second kappa shape index (κ2) is 12.4. The highest BCUT2D eigenvalue weighted by atomic mass is 32.2. The van der Waals surface area contributed by atoms with Crippen molar-refractivity contribution in [1.82, 2.24) is 10.2 Å². The highest BCUT2D eigenvalue weighted by molar-refractivity contribution is 7.92. The number of nitrogens with zero attached hydrogens (tertiary/aromatic N) is 2. The standard InChI is InChI=1S/C30H34FN3O4S/c1-22-12-18-28(19-13-22)39(37,38)34(27-16-14-25(31)15-17-27)21-29(35)33(20-24-8-4-3-5-9-24)23(2)30(36)32-26-10-6-7-11-26/h3-5,8-9,12-19,23,26H,6-7,10-11,20-21H2,1-2H3,(H,32,36)/t23-/m0/s1. The van der Waals surface area contributed by atoms with Gasteiger partial charge in [0.25, 0.3) is 10.0 Å². The van der Waals surface area contributed by atoms with Crippen molar-refractivity contribution in [3.8, 4) is 0 Å². The largest absolute Gasteiger partial charge is 0.352 e. The van der Waals surface area contributed by atoms with Gasteiger partial charge in [-0.15, -0.1) is 0 Å². The van der Waals surface area contributed by atoms with Crippen molar-refractivity contribution in [2.45, 2.75) is 63.1 Å². The number of benzene rings is 3. The first-order valence-corrected chi connectivity index (χ1v) is 14.6. The van der Waals surface area contributed by atoms with Gasteiger partial charge in [0.15, 0.2) is 0 Å². The summed E-state index contributed by atoms with van der Waals surface area (Å²) in [5.74, 6) is -1.35. The number of anilines is 1. The van der Waals surface area contributed by atoms with Crippen molar-refractivity contribution >= 4 is 27.5 Å². The molecule has 1 saturated carbocycles. The smallest absolute Gasteiger partial charge is 0.264 e. The van der Waals surface area contributed by atoms with Crippen LogP contribution in [0.4, 0.5) is 10.1 Å². The molecule has 7 nitrogen and oxygen atoms in total. The molecule has 4 rings (SSSR count). The molecular formula is C30H34FN3O4S. The second-order valence-corrected chi connectivity index (χ2v) is 11.8. The van der Waals surface area contributed by atoms with Crippen molar-refractivity contribution in [3.05, 3.63) is 95.8 Å². The summed E-state index contributed by atoms with van der Waals surface area (Å²) in [6, 6.07) is 19.7. The van der Waals surface area contributed by atoms with Gasteiger partial charge < -0.3 is 10.2 Å². The van der Waals surface area contributed by atoms with Crippen LogP contribution in [0.25, 0.3) is 0 Å². The Morgan fingerprint density at radius 1 is 0.949 bits per heavy atom. The van der Waals surface area contributed by atoms with E-state index in [1.165, 1.54) is 29.2 Å². The van der Waals surface area contributed by atoms with Gasteiger partial charge in [-0.25, -0.2) is 12.8 Å². The van der Waals surface area contributed by atoms with E-state index in [0.29, 0.717) is 0 Å². The molecule has 2 amide bonds.